The lowest BCUT2D eigenvalue weighted by Crippen LogP contribution is -2.58. The van der Waals surface area contributed by atoms with Crippen LogP contribution in [0.15, 0.2) is 12.1 Å². The Bertz CT molecular complexity index is 569. The SMILES string of the molecule is CC(=O)c1ccc(C(=O)N2CCCC(O)(C(F)(F)F)C2)s1. The van der Waals surface area contributed by atoms with E-state index >= 15 is 0 Å². The van der Waals surface area contributed by atoms with Gasteiger partial charge in [-0.15, -0.1) is 11.3 Å². The third-order valence-electron chi connectivity index (χ3n) is 3.45. The Kier molecular flexibility index (Phi) is 4.12. The fourth-order valence-corrected chi connectivity index (χ4v) is 3.11. The van der Waals surface area contributed by atoms with Gasteiger partial charge >= 0.3 is 6.18 Å². The van der Waals surface area contributed by atoms with E-state index in [-0.39, 0.29) is 23.6 Å². The van der Waals surface area contributed by atoms with Crippen LogP contribution in [0.1, 0.15) is 39.1 Å². The molecule has 1 aliphatic heterocycles. The van der Waals surface area contributed by atoms with Gasteiger partial charge in [0.1, 0.15) is 0 Å². The summed E-state index contributed by atoms with van der Waals surface area (Å²) in [6.07, 6.45) is -5.11. The van der Waals surface area contributed by atoms with Crippen LogP contribution in [0, 0.1) is 0 Å². The number of hydrogen-bond donors (Lipinski definition) is 1. The number of hydrogen-bond acceptors (Lipinski definition) is 4. The predicted octanol–water partition coefficient (Wildman–Crippen LogP) is 2.48. The number of alkyl halides is 3. The summed E-state index contributed by atoms with van der Waals surface area (Å²) in [7, 11) is 0. The maximum atomic E-state index is 12.8. The van der Waals surface area contributed by atoms with Crippen LogP contribution in [0.3, 0.4) is 0 Å². The molecule has 0 saturated carbocycles. The zero-order valence-electron chi connectivity index (χ0n) is 11.2. The largest absolute Gasteiger partial charge is 0.418 e. The molecule has 0 bridgehead atoms. The highest BCUT2D eigenvalue weighted by Gasteiger charge is 2.56. The lowest BCUT2D eigenvalue weighted by molar-refractivity contribution is -0.271. The van der Waals surface area contributed by atoms with Crippen LogP contribution < -0.4 is 0 Å². The number of ketones is 1. The second-order valence-corrected chi connectivity index (χ2v) is 6.16. The molecule has 1 unspecified atom stereocenters. The number of nitrogens with zero attached hydrogens (tertiary/aromatic N) is 1. The van der Waals surface area contributed by atoms with Crippen molar-refractivity contribution in [3.05, 3.63) is 21.9 Å². The van der Waals surface area contributed by atoms with E-state index in [1.54, 1.807) is 0 Å². The van der Waals surface area contributed by atoms with Gasteiger partial charge in [-0.2, -0.15) is 13.2 Å². The third-order valence-corrected chi connectivity index (χ3v) is 4.62. The van der Waals surface area contributed by atoms with Crippen molar-refractivity contribution >= 4 is 23.0 Å². The molecule has 1 aliphatic rings. The third kappa shape index (κ3) is 3.11. The van der Waals surface area contributed by atoms with E-state index < -0.39 is 30.7 Å². The predicted molar refractivity (Wildman–Crippen MR) is 70.5 cm³/mol. The van der Waals surface area contributed by atoms with Crippen LogP contribution in [-0.4, -0.2) is 46.6 Å². The second-order valence-electron chi connectivity index (χ2n) is 5.08. The topological polar surface area (TPSA) is 57.6 Å². The van der Waals surface area contributed by atoms with E-state index in [9.17, 15) is 27.9 Å². The molecule has 2 rings (SSSR count). The van der Waals surface area contributed by atoms with Crippen molar-refractivity contribution in [3.8, 4) is 0 Å². The van der Waals surface area contributed by atoms with Gasteiger partial charge in [-0.05, 0) is 31.9 Å². The summed E-state index contributed by atoms with van der Waals surface area (Å²) in [5.41, 5.74) is -2.86. The minimum Gasteiger partial charge on any atom is -0.379 e. The molecule has 1 fully saturated rings. The number of halogens is 3. The van der Waals surface area contributed by atoms with Gasteiger partial charge in [0.15, 0.2) is 11.4 Å². The molecule has 4 nitrogen and oxygen atoms in total. The molecule has 116 valence electrons. The Balaban J connectivity index is 2.17. The average molecular weight is 321 g/mol. The number of thiophene rings is 1. The van der Waals surface area contributed by atoms with Crippen LogP contribution in [-0.2, 0) is 0 Å². The number of rotatable bonds is 2. The zero-order chi connectivity index (χ0) is 15.8. The summed E-state index contributed by atoms with van der Waals surface area (Å²) in [4.78, 5) is 25.0. The van der Waals surface area contributed by atoms with E-state index in [1.807, 2.05) is 0 Å². The molecule has 2 heterocycles. The fourth-order valence-electron chi connectivity index (χ4n) is 2.24. The van der Waals surface area contributed by atoms with Gasteiger partial charge in [-0.1, -0.05) is 0 Å². The lowest BCUT2D eigenvalue weighted by atomic mass is 9.92. The molecule has 0 aliphatic carbocycles. The zero-order valence-corrected chi connectivity index (χ0v) is 12.1. The van der Waals surface area contributed by atoms with Gasteiger partial charge in [-0.25, -0.2) is 0 Å². The molecular weight excluding hydrogens is 307 g/mol. The molecule has 0 spiro atoms. The summed E-state index contributed by atoms with van der Waals surface area (Å²) in [5.74, 6) is -0.792. The Morgan fingerprint density at radius 2 is 1.95 bits per heavy atom. The van der Waals surface area contributed by atoms with E-state index in [4.69, 9.17) is 0 Å². The smallest absolute Gasteiger partial charge is 0.379 e. The van der Waals surface area contributed by atoms with E-state index in [0.717, 1.165) is 16.2 Å². The Labute approximate surface area is 123 Å². The summed E-state index contributed by atoms with van der Waals surface area (Å²) in [6, 6.07) is 2.89. The highest BCUT2D eigenvalue weighted by Crippen LogP contribution is 2.37. The summed E-state index contributed by atoms with van der Waals surface area (Å²) in [6.45, 7) is 0.733. The first kappa shape index (κ1) is 16.0. The molecule has 1 saturated heterocycles. The highest BCUT2D eigenvalue weighted by molar-refractivity contribution is 7.15. The lowest BCUT2D eigenvalue weighted by Gasteiger charge is -2.39. The van der Waals surface area contributed by atoms with Crippen LogP contribution in [0.2, 0.25) is 0 Å². The van der Waals surface area contributed by atoms with E-state index in [2.05, 4.69) is 0 Å². The number of aliphatic hydroxyl groups is 1. The van der Waals surface area contributed by atoms with Crippen molar-refractivity contribution in [2.75, 3.05) is 13.1 Å². The van der Waals surface area contributed by atoms with Gasteiger partial charge < -0.3 is 10.0 Å². The fraction of sp³-hybridized carbons (Fsp3) is 0.538. The quantitative estimate of drug-likeness (QED) is 0.852. The molecule has 1 amide bonds. The maximum absolute atomic E-state index is 12.8. The van der Waals surface area contributed by atoms with Crippen LogP contribution in [0.25, 0.3) is 0 Å². The number of β-amino-alcohol motifs (C(OH)–C–C–N with tert-alkyl or cyclic N) is 1. The van der Waals surface area contributed by atoms with Gasteiger partial charge in [-0.3, -0.25) is 9.59 Å². The molecule has 1 aromatic rings. The first-order chi connectivity index (χ1) is 9.64. The number of Topliss-reactive ketones (excluding diaryl/α,β-unsaturated/α-hetero) is 1. The Morgan fingerprint density at radius 1 is 1.33 bits per heavy atom. The Hall–Kier alpha value is -1.41. The van der Waals surface area contributed by atoms with Crippen LogP contribution in [0.4, 0.5) is 13.2 Å². The van der Waals surface area contributed by atoms with Crippen molar-refractivity contribution in [2.45, 2.75) is 31.5 Å². The van der Waals surface area contributed by atoms with Crippen molar-refractivity contribution in [2.24, 2.45) is 0 Å². The van der Waals surface area contributed by atoms with Crippen molar-refractivity contribution in [1.29, 1.82) is 0 Å². The minimum atomic E-state index is -4.77. The molecule has 1 atom stereocenters. The van der Waals surface area contributed by atoms with Crippen molar-refractivity contribution in [3.63, 3.8) is 0 Å². The molecule has 0 radical (unpaired) electrons. The second kappa shape index (κ2) is 5.42. The molecular formula is C13H14F3NO3S. The number of piperidine rings is 1. The molecule has 1 N–H and O–H groups in total. The van der Waals surface area contributed by atoms with E-state index in [1.165, 1.54) is 19.1 Å². The number of carbonyl (C=O) groups excluding carboxylic acids is 2. The van der Waals surface area contributed by atoms with E-state index in [0.29, 0.717) is 4.88 Å². The molecule has 21 heavy (non-hydrogen) atoms. The van der Waals surface area contributed by atoms with Gasteiger partial charge in [0.05, 0.1) is 16.3 Å². The molecule has 8 heteroatoms. The van der Waals surface area contributed by atoms with Gasteiger partial charge in [0.2, 0.25) is 0 Å². The maximum Gasteiger partial charge on any atom is 0.418 e. The van der Waals surface area contributed by atoms with Crippen LogP contribution in [0.5, 0.6) is 0 Å². The van der Waals surface area contributed by atoms with Gasteiger partial charge in [0.25, 0.3) is 5.91 Å². The van der Waals surface area contributed by atoms with Gasteiger partial charge in [0, 0.05) is 6.54 Å². The number of likely N-dealkylation sites (tertiary alicyclic amines) is 1. The van der Waals surface area contributed by atoms with Crippen molar-refractivity contribution < 1.29 is 27.9 Å². The standard InChI is InChI=1S/C13H14F3NO3S/c1-8(18)9-3-4-10(21-9)11(19)17-6-2-5-12(20,7-17)13(14,15)16/h3-4,20H,2,5-7H2,1H3. The summed E-state index contributed by atoms with van der Waals surface area (Å²) >= 11 is 0.947. The highest BCUT2D eigenvalue weighted by atomic mass is 32.1. The Morgan fingerprint density at radius 3 is 2.48 bits per heavy atom. The molecule has 0 aromatic carbocycles. The number of carbonyl (C=O) groups is 2. The summed E-state index contributed by atoms with van der Waals surface area (Å²) in [5, 5.41) is 9.70. The first-order valence-electron chi connectivity index (χ1n) is 6.33. The van der Waals surface area contributed by atoms with Crippen molar-refractivity contribution in [1.82, 2.24) is 4.90 Å². The summed E-state index contributed by atoms with van der Waals surface area (Å²) < 4.78 is 38.5. The van der Waals surface area contributed by atoms with Crippen LogP contribution >= 0.6 is 11.3 Å². The molecule has 1 aromatic heterocycles. The average Bonchev–Trinajstić information content (AvgIpc) is 2.86. The minimum absolute atomic E-state index is 0.0761. The first-order valence-corrected chi connectivity index (χ1v) is 7.15. The monoisotopic (exact) mass is 321 g/mol. The number of amides is 1. The normalized spacial score (nSPS) is 23.2.